The van der Waals surface area contributed by atoms with Gasteiger partial charge in [0.25, 0.3) is 0 Å². The molecule has 21 heavy (non-hydrogen) atoms. The Morgan fingerprint density at radius 2 is 1.90 bits per heavy atom. The van der Waals surface area contributed by atoms with Gasteiger partial charge in [-0.25, -0.2) is 8.42 Å². The smallest absolute Gasteiger partial charge is 0.175 e. The maximum absolute atomic E-state index is 11.8. The van der Waals surface area contributed by atoms with Crippen LogP contribution in [0.4, 0.5) is 5.69 Å². The zero-order valence-electron chi connectivity index (χ0n) is 12.1. The van der Waals surface area contributed by atoms with Gasteiger partial charge in [0.15, 0.2) is 9.84 Å². The largest absolute Gasteiger partial charge is 0.379 e. The number of benzene rings is 1. The highest BCUT2D eigenvalue weighted by molar-refractivity contribution is 7.90. The first-order valence-corrected chi connectivity index (χ1v) is 8.71. The normalized spacial score (nSPS) is 11.4. The molecule has 0 spiro atoms. The van der Waals surface area contributed by atoms with E-state index >= 15 is 0 Å². The highest BCUT2D eigenvalue weighted by Gasteiger charge is 2.15. The van der Waals surface area contributed by atoms with Crippen molar-refractivity contribution in [1.29, 1.82) is 0 Å². The number of sulfone groups is 1. The van der Waals surface area contributed by atoms with Crippen molar-refractivity contribution in [1.82, 2.24) is 4.98 Å². The van der Waals surface area contributed by atoms with E-state index in [9.17, 15) is 8.42 Å². The van der Waals surface area contributed by atoms with Crippen LogP contribution in [-0.4, -0.2) is 19.7 Å². The lowest BCUT2D eigenvalue weighted by Crippen LogP contribution is -2.09. The van der Waals surface area contributed by atoms with Gasteiger partial charge in [-0.15, -0.1) is 0 Å². The predicted molar refractivity (Wildman–Crippen MR) is 85.6 cm³/mol. The van der Waals surface area contributed by atoms with Crippen molar-refractivity contribution in [3.05, 3.63) is 52.3 Å². The van der Waals surface area contributed by atoms with Gasteiger partial charge in [0.2, 0.25) is 0 Å². The fourth-order valence-electron chi connectivity index (χ4n) is 2.11. The lowest BCUT2D eigenvalue weighted by molar-refractivity contribution is 0.601. The van der Waals surface area contributed by atoms with E-state index in [-0.39, 0.29) is 4.90 Å². The number of hydrogen-bond donors (Lipinski definition) is 1. The van der Waals surface area contributed by atoms with Crippen molar-refractivity contribution in [2.24, 2.45) is 0 Å². The zero-order valence-corrected chi connectivity index (χ0v) is 13.7. The molecule has 1 N–H and O–H groups in total. The van der Waals surface area contributed by atoms with E-state index in [0.29, 0.717) is 17.1 Å². The number of aryl methyl sites for hydroxylation is 2. The average Bonchev–Trinajstić information content (AvgIpc) is 2.37. The Morgan fingerprint density at radius 3 is 2.52 bits per heavy atom. The Labute approximate surface area is 130 Å². The quantitative estimate of drug-likeness (QED) is 0.936. The second-order valence-corrected chi connectivity index (χ2v) is 7.32. The number of anilines is 1. The third-order valence-electron chi connectivity index (χ3n) is 3.16. The summed E-state index contributed by atoms with van der Waals surface area (Å²) in [5.74, 6) is 0. The lowest BCUT2D eigenvalue weighted by atomic mass is 10.2. The highest BCUT2D eigenvalue weighted by atomic mass is 35.5. The number of hydrogen-bond acceptors (Lipinski definition) is 4. The summed E-state index contributed by atoms with van der Waals surface area (Å²) in [6, 6.07) is 8.72. The van der Waals surface area contributed by atoms with E-state index in [1.165, 1.54) is 6.26 Å². The number of nitrogens with one attached hydrogen (secondary N) is 1. The molecule has 1 aromatic heterocycles. The van der Waals surface area contributed by atoms with Crippen molar-refractivity contribution in [2.75, 3.05) is 11.6 Å². The second kappa shape index (κ2) is 6.03. The monoisotopic (exact) mass is 324 g/mol. The molecule has 0 bridgehead atoms. The maximum Gasteiger partial charge on any atom is 0.175 e. The van der Waals surface area contributed by atoms with Crippen LogP contribution in [-0.2, 0) is 16.4 Å². The summed E-state index contributed by atoms with van der Waals surface area (Å²) in [5.41, 5.74) is 3.23. The molecular weight excluding hydrogens is 308 g/mol. The highest BCUT2D eigenvalue weighted by Crippen LogP contribution is 2.25. The molecule has 112 valence electrons. The van der Waals surface area contributed by atoms with E-state index in [4.69, 9.17) is 11.6 Å². The van der Waals surface area contributed by atoms with Crippen LogP contribution in [0.15, 0.2) is 35.2 Å². The lowest BCUT2D eigenvalue weighted by Gasteiger charge is -2.13. The molecule has 0 amide bonds. The average molecular weight is 325 g/mol. The van der Waals surface area contributed by atoms with Gasteiger partial charge < -0.3 is 5.32 Å². The molecule has 0 unspecified atom stereocenters. The molecule has 4 nitrogen and oxygen atoms in total. The predicted octanol–water partition coefficient (Wildman–Crippen LogP) is 3.37. The molecule has 0 aliphatic carbocycles. The molecule has 0 fully saturated rings. The van der Waals surface area contributed by atoms with Crippen molar-refractivity contribution in [3.8, 4) is 0 Å². The van der Waals surface area contributed by atoms with Gasteiger partial charge in [0.05, 0.1) is 16.3 Å². The molecule has 1 aromatic carbocycles. The van der Waals surface area contributed by atoms with Crippen molar-refractivity contribution in [3.63, 3.8) is 0 Å². The van der Waals surface area contributed by atoms with Crippen molar-refractivity contribution < 1.29 is 8.42 Å². The summed E-state index contributed by atoms with van der Waals surface area (Å²) < 4.78 is 23.7. The SMILES string of the molecule is Cc1ccc(NCc2c(Cl)cccc2S(C)(=O)=O)c(C)n1. The van der Waals surface area contributed by atoms with Crippen LogP contribution >= 0.6 is 11.6 Å². The molecule has 2 rings (SSSR count). The summed E-state index contributed by atoms with van der Waals surface area (Å²) in [7, 11) is -3.32. The van der Waals surface area contributed by atoms with Crippen LogP contribution in [0.1, 0.15) is 17.0 Å². The van der Waals surface area contributed by atoms with Crippen molar-refractivity contribution in [2.45, 2.75) is 25.3 Å². The van der Waals surface area contributed by atoms with Gasteiger partial charge in [0.1, 0.15) is 0 Å². The summed E-state index contributed by atoms with van der Waals surface area (Å²) in [4.78, 5) is 4.62. The van der Waals surface area contributed by atoms with E-state index < -0.39 is 9.84 Å². The summed E-state index contributed by atoms with van der Waals surface area (Å²) in [6.45, 7) is 4.15. The Hall–Kier alpha value is -1.59. The van der Waals surface area contributed by atoms with Crippen LogP contribution in [0, 0.1) is 13.8 Å². The first kappa shape index (κ1) is 15.8. The fraction of sp³-hybridized carbons (Fsp3) is 0.267. The van der Waals surface area contributed by atoms with E-state index in [2.05, 4.69) is 10.3 Å². The van der Waals surface area contributed by atoms with E-state index in [0.717, 1.165) is 17.1 Å². The van der Waals surface area contributed by atoms with Gasteiger partial charge >= 0.3 is 0 Å². The van der Waals surface area contributed by atoms with Gasteiger partial charge in [-0.3, -0.25) is 4.98 Å². The second-order valence-electron chi connectivity index (χ2n) is 4.93. The minimum atomic E-state index is -3.32. The molecule has 6 heteroatoms. The zero-order chi connectivity index (χ0) is 15.6. The van der Waals surface area contributed by atoms with Crippen LogP contribution < -0.4 is 5.32 Å². The Kier molecular flexibility index (Phi) is 4.54. The van der Waals surface area contributed by atoms with Gasteiger partial charge in [-0.1, -0.05) is 17.7 Å². The fourth-order valence-corrected chi connectivity index (χ4v) is 3.37. The van der Waals surface area contributed by atoms with Crippen LogP contribution in [0.25, 0.3) is 0 Å². The first-order chi connectivity index (χ1) is 9.79. The molecule has 1 heterocycles. The van der Waals surface area contributed by atoms with Crippen LogP contribution in [0.5, 0.6) is 0 Å². The molecule has 0 radical (unpaired) electrons. The molecule has 0 saturated heterocycles. The topological polar surface area (TPSA) is 59.1 Å². The molecule has 0 aliphatic rings. The standard InChI is InChI=1S/C15H17ClN2O2S/c1-10-7-8-14(11(2)18-10)17-9-12-13(16)5-4-6-15(12)21(3,19)20/h4-8,17H,9H2,1-3H3. The Balaban J connectivity index is 2.32. The summed E-state index contributed by atoms with van der Waals surface area (Å²) in [6.07, 6.45) is 1.18. The number of aromatic nitrogens is 1. The first-order valence-electron chi connectivity index (χ1n) is 6.44. The maximum atomic E-state index is 11.8. The molecule has 0 aliphatic heterocycles. The van der Waals surface area contributed by atoms with Crippen LogP contribution in [0.2, 0.25) is 5.02 Å². The molecular formula is C15H17ClN2O2S. The van der Waals surface area contributed by atoms with Gasteiger partial charge in [-0.2, -0.15) is 0 Å². The van der Waals surface area contributed by atoms with Gasteiger partial charge in [0, 0.05) is 29.1 Å². The number of rotatable bonds is 4. The minimum Gasteiger partial charge on any atom is -0.379 e. The van der Waals surface area contributed by atoms with Gasteiger partial charge in [-0.05, 0) is 38.1 Å². The van der Waals surface area contributed by atoms with Crippen LogP contribution in [0.3, 0.4) is 0 Å². The third kappa shape index (κ3) is 3.74. The Morgan fingerprint density at radius 1 is 1.19 bits per heavy atom. The molecule has 0 atom stereocenters. The molecule has 0 saturated carbocycles. The summed E-state index contributed by atoms with van der Waals surface area (Å²) in [5, 5.41) is 3.63. The Bertz CT molecular complexity index is 773. The number of pyridine rings is 1. The number of halogens is 1. The van der Waals surface area contributed by atoms with Crippen molar-refractivity contribution >= 4 is 27.1 Å². The molecule has 2 aromatic rings. The van der Waals surface area contributed by atoms with E-state index in [1.807, 2.05) is 26.0 Å². The summed E-state index contributed by atoms with van der Waals surface area (Å²) >= 11 is 6.15. The minimum absolute atomic E-state index is 0.250. The van der Waals surface area contributed by atoms with E-state index in [1.54, 1.807) is 18.2 Å². The number of nitrogens with zero attached hydrogens (tertiary/aromatic N) is 1. The third-order valence-corrected chi connectivity index (χ3v) is 4.69.